The first-order valence-corrected chi connectivity index (χ1v) is 10.0. The molecule has 0 amide bonds. The van der Waals surface area contributed by atoms with Gasteiger partial charge in [0.25, 0.3) is 0 Å². The van der Waals surface area contributed by atoms with Gasteiger partial charge in [0.15, 0.2) is 0 Å². The summed E-state index contributed by atoms with van der Waals surface area (Å²) in [7, 11) is 0. The van der Waals surface area contributed by atoms with Gasteiger partial charge in [0.2, 0.25) is 5.13 Å². The molecule has 7 nitrogen and oxygen atoms in total. The molecule has 0 spiro atoms. The van der Waals surface area contributed by atoms with Crippen LogP contribution in [0.3, 0.4) is 0 Å². The Balaban J connectivity index is 1.61. The fourth-order valence-electron chi connectivity index (χ4n) is 2.89. The van der Waals surface area contributed by atoms with E-state index in [4.69, 9.17) is 5.73 Å². The van der Waals surface area contributed by atoms with Gasteiger partial charge in [-0.1, -0.05) is 29.5 Å². The molecule has 0 aliphatic rings. The predicted octanol–water partition coefficient (Wildman–Crippen LogP) is 3.70. The average Bonchev–Trinajstić information content (AvgIpc) is 3.27. The number of aryl methyl sites for hydroxylation is 3. The van der Waals surface area contributed by atoms with E-state index in [1.165, 1.54) is 11.3 Å². The first-order valence-electron chi connectivity index (χ1n) is 9.19. The van der Waals surface area contributed by atoms with Crippen LogP contribution in [-0.2, 0) is 6.54 Å². The average molecular weight is 414 g/mol. The summed E-state index contributed by atoms with van der Waals surface area (Å²) in [5, 5.41) is 17.1. The van der Waals surface area contributed by atoms with E-state index in [2.05, 4.69) is 25.6 Å². The standard InChI is InChI=1S/C20H24FN7S/c1-12-6-5-7-16(18(12)21)11-23-9-8-17(22)24-20-26-25-19(29-20)15(4)28-14(3)10-13(2)27-28/h5-10,15,23H,11H2,1-4H3,(H2,22,24,26)/b9-8-. The molecule has 3 rings (SSSR count). The molecule has 3 N–H and O–H groups in total. The van der Waals surface area contributed by atoms with Crippen molar-refractivity contribution < 1.29 is 4.39 Å². The van der Waals surface area contributed by atoms with Gasteiger partial charge in [0.1, 0.15) is 22.7 Å². The molecule has 0 aliphatic heterocycles. The van der Waals surface area contributed by atoms with Crippen LogP contribution in [0.4, 0.5) is 9.52 Å². The number of aromatic nitrogens is 4. The molecule has 152 valence electrons. The Morgan fingerprint density at radius 1 is 1.34 bits per heavy atom. The minimum absolute atomic E-state index is 0.0344. The summed E-state index contributed by atoms with van der Waals surface area (Å²) in [6.45, 7) is 8.09. The fraction of sp³-hybridized carbons (Fsp3) is 0.300. The fourth-order valence-corrected chi connectivity index (χ4v) is 3.66. The van der Waals surface area contributed by atoms with Crippen molar-refractivity contribution in [2.75, 3.05) is 0 Å². The molecule has 3 aromatic rings. The molecule has 1 aromatic carbocycles. The van der Waals surface area contributed by atoms with Crippen molar-refractivity contribution in [3.8, 4) is 0 Å². The quantitative estimate of drug-likeness (QED) is 0.455. The van der Waals surface area contributed by atoms with E-state index in [1.807, 2.05) is 37.6 Å². The first kappa shape index (κ1) is 20.7. The molecule has 1 atom stereocenters. The van der Waals surface area contributed by atoms with Gasteiger partial charge in [-0.2, -0.15) is 5.10 Å². The van der Waals surface area contributed by atoms with Gasteiger partial charge in [-0.3, -0.25) is 4.68 Å². The van der Waals surface area contributed by atoms with Crippen molar-refractivity contribution in [2.45, 2.75) is 40.3 Å². The normalized spacial score (nSPS) is 13.2. The van der Waals surface area contributed by atoms with Crippen LogP contribution in [0.2, 0.25) is 0 Å². The highest BCUT2D eigenvalue weighted by atomic mass is 32.1. The summed E-state index contributed by atoms with van der Waals surface area (Å²) in [5.74, 6) is 0.0804. The Morgan fingerprint density at radius 2 is 2.14 bits per heavy atom. The van der Waals surface area contributed by atoms with Crippen LogP contribution in [0.1, 0.15) is 40.5 Å². The van der Waals surface area contributed by atoms with Crippen molar-refractivity contribution in [3.05, 3.63) is 69.9 Å². The zero-order chi connectivity index (χ0) is 21.0. The lowest BCUT2D eigenvalue weighted by Gasteiger charge is -2.10. The highest BCUT2D eigenvalue weighted by molar-refractivity contribution is 7.15. The van der Waals surface area contributed by atoms with E-state index in [0.29, 0.717) is 22.8 Å². The highest BCUT2D eigenvalue weighted by Crippen LogP contribution is 2.27. The van der Waals surface area contributed by atoms with E-state index in [1.54, 1.807) is 31.3 Å². The summed E-state index contributed by atoms with van der Waals surface area (Å²) < 4.78 is 15.9. The molecule has 29 heavy (non-hydrogen) atoms. The summed E-state index contributed by atoms with van der Waals surface area (Å²) in [4.78, 5) is 4.27. The Kier molecular flexibility index (Phi) is 6.38. The molecule has 9 heteroatoms. The van der Waals surface area contributed by atoms with Crippen molar-refractivity contribution >= 4 is 22.3 Å². The van der Waals surface area contributed by atoms with E-state index >= 15 is 0 Å². The third kappa shape index (κ3) is 5.05. The van der Waals surface area contributed by atoms with Gasteiger partial charge >= 0.3 is 0 Å². The van der Waals surface area contributed by atoms with Gasteiger partial charge in [-0.05, 0) is 45.4 Å². The van der Waals surface area contributed by atoms with Crippen molar-refractivity contribution in [1.29, 1.82) is 0 Å². The lowest BCUT2D eigenvalue weighted by molar-refractivity contribution is 0.540. The van der Waals surface area contributed by atoms with E-state index in [9.17, 15) is 4.39 Å². The number of benzene rings is 1. The summed E-state index contributed by atoms with van der Waals surface area (Å²) >= 11 is 1.37. The molecule has 0 saturated carbocycles. The van der Waals surface area contributed by atoms with Crippen molar-refractivity contribution in [2.24, 2.45) is 10.7 Å². The Hall–Kier alpha value is -3.07. The van der Waals surface area contributed by atoms with Crippen molar-refractivity contribution in [3.63, 3.8) is 0 Å². The van der Waals surface area contributed by atoms with Crippen LogP contribution in [0.15, 0.2) is 41.5 Å². The van der Waals surface area contributed by atoms with E-state index in [0.717, 1.165) is 16.4 Å². The molecule has 0 aliphatic carbocycles. The maximum absolute atomic E-state index is 14.0. The maximum Gasteiger partial charge on any atom is 0.233 e. The SMILES string of the molecule is Cc1cc(C)n(C(C)c2nnc(/N=C(N)\C=C/NCc3cccc(C)c3F)s2)n1. The minimum Gasteiger partial charge on any atom is -0.387 e. The molecule has 0 radical (unpaired) electrons. The Labute approximate surface area is 173 Å². The second-order valence-corrected chi connectivity index (χ2v) is 7.76. The number of nitrogens with one attached hydrogen (secondary N) is 1. The second kappa shape index (κ2) is 8.95. The first-order chi connectivity index (χ1) is 13.8. The number of nitrogens with zero attached hydrogens (tertiary/aromatic N) is 5. The number of aliphatic imine (C=N–C) groups is 1. The summed E-state index contributed by atoms with van der Waals surface area (Å²) in [5.41, 5.74) is 9.18. The number of amidine groups is 1. The lowest BCUT2D eigenvalue weighted by Crippen LogP contribution is -2.11. The molecule has 1 unspecified atom stereocenters. The monoisotopic (exact) mass is 413 g/mol. The number of hydrogen-bond donors (Lipinski definition) is 2. The maximum atomic E-state index is 14.0. The summed E-state index contributed by atoms with van der Waals surface area (Å²) in [6.07, 6.45) is 3.25. The third-order valence-electron chi connectivity index (χ3n) is 4.36. The Morgan fingerprint density at radius 3 is 2.86 bits per heavy atom. The molecule has 2 aromatic heterocycles. The van der Waals surface area contributed by atoms with Gasteiger partial charge in [0.05, 0.1) is 5.69 Å². The largest absolute Gasteiger partial charge is 0.387 e. The van der Waals surface area contributed by atoms with Crippen molar-refractivity contribution in [1.82, 2.24) is 25.3 Å². The molecule has 2 heterocycles. The van der Waals surface area contributed by atoms with Gasteiger partial charge in [0, 0.05) is 24.0 Å². The molecular weight excluding hydrogens is 389 g/mol. The van der Waals surface area contributed by atoms with Crippen LogP contribution in [-0.4, -0.2) is 25.8 Å². The van der Waals surface area contributed by atoms with Crippen LogP contribution in [0.5, 0.6) is 0 Å². The summed E-state index contributed by atoms with van der Waals surface area (Å²) in [6, 6.07) is 7.30. The van der Waals surface area contributed by atoms with E-state index < -0.39 is 0 Å². The van der Waals surface area contributed by atoms with Crippen LogP contribution >= 0.6 is 11.3 Å². The van der Waals surface area contributed by atoms with Crippen LogP contribution in [0, 0.1) is 26.6 Å². The van der Waals surface area contributed by atoms with Crippen LogP contribution < -0.4 is 11.1 Å². The Bertz CT molecular complexity index is 1050. The number of rotatable bonds is 7. The zero-order valence-electron chi connectivity index (χ0n) is 16.8. The number of hydrogen-bond acceptors (Lipinski definition) is 6. The third-order valence-corrected chi connectivity index (χ3v) is 5.35. The van der Waals surface area contributed by atoms with Crippen LogP contribution in [0.25, 0.3) is 0 Å². The number of nitrogens with two attached hydrogens (primary N) is 1. The van der Waals surface area contributed by atoms with E-state index in [-0.39, 0.29) is 17.7 Å². The highest BCUT2D eigenvalue weighted by Gasteiger charge is 2.16. The molecule has 0 bridgehead atoms. The molecule has 0 fully saturated rings. The minimum atomic E-state index is -0.201. The van der Waals surface area contributed by atoms with Gasteiger partial charge < -0.3 is 11.1 Å². The molecular formula is C20H24FN7S. The smallest absolute Gasteiger partial charge is 0.233 e. The predicted molar refractivity (Wildman–Crippen MR) is 114 cm³/mol. The second-order valence-electron chi connectivity index (χ2n) is 6.77. The molecule has 0 saturated heterocycles. The number of halogens is 1. The van der Waals surface area contributed by atoms with Gasteiger partial charge in [-0.25, -0.2) is 9.38 Å². The topological polar surface area (TPSA) is 94.0 Å². The lowest BCUT2D eigenvalue weighted by atomic mass is 10.1. The van der Waals surface area contributed by atoms with Gasteiger partial charge in [-0.15, -0.1) is 10.2 Å². The zero-order valence-corrected chi connectivity index (χ0v) is 17.7.